The van der Waals surface area contributed by atoms with Gasteiger partial charge in [-0.05, 0) is 61.6 Å². The number of carbonyl (C=O) groups is 1. The molecular weight excluding hydrogens is 350 g/mol. The summed E-state index contributed by atoms with van der Waals surface area (Å²) in [6.45, 7) is 1.58. The molecule has 6 nitrogen and oxygen atoms in total. The van der Waals surface area contributed by atoms with Gasteiger partial charge in [0.05, 0.1) is 11.8 Å². The Kier molecular flexibility index (Phi) is 5.46. The largest absolute Gasteiger partial charge is 0.331 e. The van der Waals surface area contributed by atoms with Crippen LogP contribution in [0, 0.1) is 0 Å². The molecule has 1 atom stereocenters. The summed E-state index contributed by atoms with van der Waals surface area (Å²) < 4.78 is 25.6. The third-order valence-electron chi connectivity index (χ3n) is 4.47. The van der Waals surface area contributed by atoms with Crippen LogP contribution in [-0.2, 0) is 16.4 Å². The number of anilines is 2. The van der Waals surface area contributed by atoms with Crippen LogP contribution in [0.3, 0.4) is 0 Å². The zero-order valence-electron chi connectivity index (χ0n) is 14.7. The summed E-state index contributed by atoms with van der Waals surface area (Å²) in [4.78, 5) is 12.3. The van der Waals surface area contributed by atoms with Crippen molar-refractivity contribution in [2.45, 2.75) is 32.2 Å². The highest BCUT2D eigenvalue weighted by atomic mass is 32.2. The Morgan fingerprint density at radius 1 is 1.08 bits per heavy atom. The summed E-state index contributed by atoms with van der Waals surface area (Å²) in [5.74, 6) is 0.0122. The minimum absolute atomic E-state index is 0.00980. The van der Waals surface area contributed by atoms with Crippen LogP contribution in [-0.4, -0.2) is 20.2 Å². The molecule has 26 heavy (non-hydrogen) atoms. The van der Waals surface area contributed by atoms with Gasteiger partial charge in [0, 0.05) is 11.4 Å². The first-order chi connectivity index (χ1) is 12.5. The van der Waals surface area contributed by atoms with Gasteiger partial charge in [-0.25, -0.2) is 13.2 Å². The molecule has 0 spiro atoms. The lowest BCUT2D eigenvalue weighted by molar-refractivity contribution is 0.247. The number of sulfonamides is 1. The van der Waals surface area contributed by atoms with Crippen molar-refractivity contribution in [2.24, 2.45) is 0 Å². The second-order valence-electron chi connectivity index (χ2n) is 6.32. The Hall–Kier alpha value is -2.54. The fraction of sp³-hybridized carbons (Fsp3) is 0.316. The highest BCUT2D eigenvalue weighted by Crippen LogP contribution is 2.29. The van der Waals surface area contributed by atoms with Gasteiger partial charge >= 0.3 is 6.03 Å². The topological polar surface area (TPSA) is 87.3 Å². The maximum Gasteiger partial charge on any atom is 0.319 e. The zero-order chi connectivity index (χ0) is 18.6. The van der Waals surface area contributed by atoms with Gasteiger partial charge in [0.2, 0.25) is 10.0 Å². The summed E-state index contributed by atoms with van der Waals surface area (Å²) in [7, 11) is -3.31. The predicted octanol–water partition coefficient (Wildman–Crippen LogP) is 3.65. The average molecular weight is 373 g/mol. The summed E-state index contributed by atoms with van der Waals surface area (Å²) in [5, 5.41) is 5.82. The highest BCUT2D eigenvalue weighted by Gasteiger charge is 2.21. The van der Waals surface area contributed by atoms with Crippen molar-refractivity contribution in [1.29, 1.82) is 0 Å². The maximum absolute atomic E-state index is 12.3. The van der Waals surface area contributed by atoms with E-state index in [1.807, 2.05) is 12.1 Å². The number of carbonyl (C=O) groups excluding carboxylic acids is 1. The fourth-order valence-corrected chi connectivity index (χ4v) is 3.74. The van der Waals surface area contributed by atoms with Crippen LogP contribution in [0.4, 0.5) is 16.2 Å². The van der Waals surface area contributed by atoms with Crippen molar-refractivity contribution in [2.75, 3.05) is 15.8 Å². The second-order valence-corrected chi connectivity index (χ2v) is 8.34. The molecule has 1 aliphatic rings. The van der Waals surface area contributed by atoms with Crippen LogP contribution in [0.15, 0.2) is 48.5 Å². The molecule has 2 aromatic rings. The van der Waals surface area contributed by atoms with E-state index in [1.54, 1.807) is 31.2 Å². The molecule has 138 valence electrons. The van der Waals surface area contributed by atoms with Crippen LogP contribution in [0.25, 0.3) is 0 Å². The number of amides is 2. The van der Waals surface area contributed by atoms with Crippen molar-refractivity contribution < 1.29 is 13.2 Å². The zero-order valence-corrected chi connectivity index (χ0v) is 15.5. The van der Waals surface area contributed by atoms with Crippen LogP contribution in [0.1, 0.15) is 36.9 Å². The first kappa shape index (κ1) is 18.3. The molecule has 1 aliphatic carbocycles. The van der Waals surface area contributed by atoms with E-state index in [2.05, 4.69) is 27.5 Å². The molecule has 0 heterocycles. The van der Waals surface area contributed by atoms with Crippen molar-refractivity contribution in [3.63, 3.8) is 0 Å². The van der Waals surface area contributed by atoms with Gasteiger partial charge in [-0.15, -0.1) is 0 Å². The Bertz CT molecular complexity index is 879. The average Bonchev–Trinajstić information content (AvgIpc) is 2.63. The number of hydrogen-bond donors (Lipinski definition) is 3. The summed E-state index contributed by atoms with van der Waals surface area (Å²) in [5.41, 5.74) is 3.54. The molecule has 3 rings (SSSR count). The molecule has 7 heteroatoms. The lowest BCUT2D eigenvalue weighted by Gasteiger charge is -2.26. The van der Waals surface area contributed by atoms with E-state index in [9.17, 15) is 13.2 Å². The van der Waals surface area contributed by atoms with Gasteiger partial charge in [-0.2, -0.15) is 0 Å². The first-order valence-corrected chi connectivity index (χ1v) is 10.4. The van der Waals surface area contributed by atoms with Gasteiger partial charge in [0.1, 0.15) is 0 Å². The quantitative estimate of drug-likeness (QED) is 0.748. The van der Waals surface area contributed by atoms with E-state index in [0.29, 0.717) is 11.4 Å². The molecule has 0 fully saturated rings. The monoisotopic (exact) mass is 373 g/mol. The van der Waals surface area contributed by atoms with Crippen molar-refractivity contribution in [3.8, 4) is 0 Å². The normalized spacial score (nSPS) is 16.4. The maximum atomic E-state index is 12.3. The molecular formula is C19H23N3O3S. The summed E-state index contributed by atoms with van der Waals surface area (Å²) >= 11 is 0. The summed E-state index contributed by atoms with van der Waals surface area (Å²) in [6, 6.07) is 14.5. The Balaban J connectivity index is 1.61. The Morgan fingerprint density at radius 2 is 1.77 bits per heavy atom. The molecule has 0 bridgehead atoms. The molecule has 0 saturated carbocycles. The number of hydrogen-bond acceptors (Lipinski definition) is 3. The van der Waals surface area contributed by atoms with Gasteiger partial charge in [-0.1, -0.05) is 24.3 Å². The lowest BCUT2D eigenvalue weighted by atomic mass is 9.88. The van der Waals surface area contributed by atoms with Gasteiger partial charge in [0.25, 0.3) is 0 Å². The lowest BCUT2D eigenvalue weighted by Crippen LogP contribution is -2.34. The molecule has 0 aromatic heterocycles. The van der Waals surface area contributed by atoms with Crippen LogP contribution >= 0.6 is 0 Å². The molecule has 1 unspecified atom stereocenters. The van der Waals surface area contributed by atoms with Crippen LogP contribution in [0.2, 0.25) is 0 Å². The van der Waals surface area contributed by atoms with E-state index in [1.165, 1.54) is 11.1 Å². The van der Waals surface area contributed by atoms with Crippen LogP contribution in [0.5, 0.6) is 0 Å². The first-order valence-electron chi connectivity index (χ1n) is 8.73. The number of rotatable bonds is 5. The van der Waals surface area contributed by atoms with Crippen molar-refractivity contribution in [1.82, 2.24) is 5.32 Å². The standard InChI is InChI=1S/C19H23N3O3S/c1-2-26(24,25)22-16-12-10-15(11-13-16)20-19(23)21-18-9-5-7-14-6-3-4-8-17(14)18/h3-4,6,8,10-13,18,22H,2,5,7,9H2,1H3,(H2,20,21,23). The van der Waals surface area contributed by atoms with Crippen molar-refractivity contribution in [3.05, 3.63) is 59.7 Å². The predicted molar refractivity (Wildman–Crippen MR) is 104 cm³/mol. The van der Waals surface area contributed by atoms with Gasteiger partial charge in [0.15, 0.2) is 0 Å². The van der Waals surface area contributed by atoms with E-state index in [0.717, 1.165) is 19.3 Å². The second kappa shape index (κ2) is 7.78. The Labute approximate surface area is 154 Å². The SMILES string of the molecule is CCS(=O)(=O)Nc1ccc(NC(=O)NC2CCCc3ccccc32)cc1. The Morgan fingerprint density at radius 3 is 2.50 bits per heavy atom. The van der Waals surface area contributed by atoms with Gasteiger partial charge in [-0.3, -0.25) is 4.72 Å². The van der Waals surface area contributed by atoms with E-state index in [-0.39, 0.29) is 17.8 Å². The molecule has 0 saturated heterocycles. The number of fused-ring (bicyclic) bond motifs is 1. The minimum Gasteiger partial charge on any atom is -0.331 e. The van der Waals surface area contributed by atoms with E-state index < -0.39 is 10.0 Å². The number of benzene rings is 2. The minimum atomic E-state index is -3.31. The van der Waals surface area contributed by atoms with E-state index >= 15 is 0 Å². The van der Waals surface area contributed by atoms with E-state index in [4.69, 9.17) is 0 Å². The smallest absolute Gasteiger partial charge is 0.319 e. The number of urea groups is 1. The third-order valence-corrected chi connectivity index (χ3v) is 5.78. The third kappa shape index (κ3) is 4.54. The van der Waals surface area contributed by atoms with Crippen molar-refractivity contribution >= 4 is 27.4 Å². The number of nitrogens with one attached hydrogen (secondary N) is 3. The molecule has 2 aromatic carbocycles. The molecule has 0 aliphatic heterocycles. The molecule has 3 N–H and O–H groups in total. The summed E-state index contributed by atoms with van der Waals surface area (Å²) in [6.07, 6.45) is 3.02. The highest BCUT2D eigenvalue weighted by molar-refractivity contribution is 7.92. The van der Waals surface area contributed by atoms with Crippen LogP contribution < -0.4 is 15.4 Å². The molecule has 2 amide bonds. The number of aryl methyl sites for hydroxylation is 1. The fourth-order valence-electron chi connectivity index (χ4n) is 3.10. The molecule has 0 radical (unpaired) electrons. The van der Waals surface area contributed by atoms with Gasteiger partial charge < -0.3 is 10.6 Å².